The molecular weight excluding hydrogens is 771 g/mol. The molecule has 0 spiro atoms. The van der Waals surface area contributed by atoms with Crippen LogP contribution in [0.25, 0.3) is 77.7 Å². The molecule has 7 aromatic rings. The molecule has 300 valence electrons. The van der Waals surface area contributed by atoms with Crippen molar-refractivity contribution in [2.24, 2.45) is 10.4 Å². The number of thiophene rings is 1. The van der Waals surface area contributed by atoms with Gasteiger partial charge in [0.25, 0.3) is 0 Å². The molecule has 10 rings (SSSR count). The molecule has 1 aliphatic heterocycles. The van der Waals surface area contributed by atoms with Gasteiger partial charge in [-0.15, -0.1) is 17.1 Å². The first-order chi connectivity index (χ1) is 30.5. The fourth-order valence-corrected chi connectivity index (χ4v) is 9.91. The summed E-state index contributed by atoms with van der Waals surface area (Å²) in [7, 11) is 0. The Balaban J connectivity index is 0.00000242. The number of hydrogen-bond acceptors (Lipinski definition) is 3. The van der Waals surface area contributed by atoms with Crippen LogP contribution in [0.1, 0.15) is 55.2 Å². The zero-order valence-electron chi connectivity index (χ0n) is 35.5. The number of aromatic nitrogens is 2. The number of fused-ring (bicyclic) bond motifs is 6. The standard InChI is InChI=1S/C56H41N3S.C2H6/c1-4-6-16-38(5-2)39-24-30-54-48(35-39)45-27-25-42(26-31-53(45)60-54)59-51-28-22-40(43-17-9-10-18-44(43)50-20-12-15-33-57-50)36-46(51)47-37-41(23-29-52(47)59)49-19-11-13-32-56(49,3)55-21-8-7-14-34-58-55;1-2/h4-6,8-24,26-37,49H,2H2,1,3H3;1-2H3/b6-4-,38-16+;. The highest BCUT2D eigenvalue weighted by Gasteiger charge is 2.37. The first-order valence-corrected chi connectivity index (χ1v) is 22.1. The molecule has 0 bridgehead atoms. The summed E-state index contributed by atoms with van der Waals surface area (Å²) >= 11 is 1.82. The van der Waals surface area contributed by atoms with Crippen LogP contribution in [0.3, 0.4) is 0 Å². The Morgan fingerprint density at radius 1 is 0.855 bits per heavy atom. The van der Waals surface area contributed by atoms with E-state index >= 15 is 0 Å². The Kier molecular flexibility index (Phi) is 11.2. The molecule has 0 N–H and O–H groups in total. The van der Waals surface area contributed by atoms with Crippen LogP contribution in [0.15, 0.2) is 205 Å². The Morgan fingerprint density at radius 2 is 1.68 bits per heavy atom. The largest absolute Gasteiger partial charge is 0.302 e. The Morgan fingerprint density at radius 3 is 2.50 bits per heavy atom. The smallest absolute Gasteiger partial charge is 0.0891 e. The van der Waals surface area contributed by atoms with Gasteiger partial charge in [0, 0.05) is 60.6 Å². The second-order valence-electron chi connectivity index (χ2n) is 15.4. The number of hydrogen-bond donors (Lipinski definition) is 0. The average Bonchev–Trinajstić information content (AvgIpc) is 3.55. The van der Waals surface area contributed by atoms with Crippen molar-refractivity contribution in [3.63, 3.8) is 0 Å². The molecule has 4 heteroatoms. The maximum atomic E-state index is 4.88. The monoisotopic (exact) mass is 817 g/mol. The van der Waals surface area contributed by atoms with E-state index in [0.29, 0.717) is 0 Å². The molecule has 4 aromatic carbocycles. The van der Waals surface area contributed by atoms with Crippen LogP contribution >= 0.6 is 11.3 Å². The number of benzene rings is 4. The van der Waals surface area contributed by atoms with E-state index in [1.54, 1.807) is 0 Å². The average molecular weight is 818 g/mol. The summed E-state index contributed by atoms with van der Waals surface area (Å²) in [6.07, 6.45) is 33.3. The fourth-order valence-electron chi connectivity index (χ4n) is 8.84. The second-order valence-corrected chi connectivity index (χ2v) is 16.5. The van der Waals surface area contributed by atoms with Gasteiger partial charge in [0.15, 0.2) is 0 Å². The number of rotatable bonds is 8. The van der Waals surface area contributed by atoms with Gasteiger partial charge in [-0.25, -0.2) is 0 Å². The van der Waals surface area contributed by atoms with E-state index in [1.807, 2.05) is 81.0 Å². The number of pyridine rings is 1. The van der Waals surface area contributed by atoms with Crippen LogP contribution in [-0.2, 0) is 0 Å². The maximum absolute atomic E-state index is 4.88. The summed E-state index contributed by atoms with van der Waals surface area (Å²) < 4.78 is 3.63. The van der Waals surface area contributed by atoms with Crippen LogP contribution in [0.2, 0.25) is 0 Å². The van der Waals surface area contributed by atoms with Crippen LogP contribution < -0.4 is 0 Å². The van der Waals surface area contributed by atoms with Gasteiger partial charge in [-0.1, -0.05) is 123 Å². The van der Waals surface area contributed by atoms with E-state index < -0.39 is 0 Å². The van der Waals surface area contributed by atoms with Crippen LogP contribution in [0.4, 0.5) is 0 Å². The lowest BCUT2D eigenvalue weighted by Crippen LogP contribution is -2.25. The lowest BCUT2D eigenvalue weighted by Gasteiger charge is -2.36. The molecule has 0 radical (unpaired) electrons. The summed E-state index contributed by atoms with van der Waals surface area (Å²) in [5.74, 6) is 0.0637. The zero-order valence-corrected chi connectivity index (χ0v) is 36.3. The van der Waals surface area contributed by atoms with E-state index in [4.69, 9.17) is 9.98 Å². The minimum Gasteiger partial charge on any atom is -0.302 e. The zero-order chi connectivity index (χ0) is 42.6. The van der Waals surface area contributed by atoms with Gasteiger partial charge in [0.2, 0.25) is 0 Å². The van der Waals surface area contributed by atoms with E-state index in [1.165, 1.54) is 36.9 Å². The topological polar surface area (TPSA) is 30.2 Å². The normalized spacial score (nSPS) is 17.9. The van der Waals surface area contributed by atoms with Gasteiger partial charge in [-0.2, -0.15) is 0 Å². The van der Waals surface area contributed by atoms with Gasteiger partial charge >= 0.3 is 0 Å². The van der Waals surface area contributed by atoms with Crippen molar-refractivity contribution in [1.82, 2.24) is 9.55 Å². The van der Waals surface area contributed by atoms with Crippen molar-refractivity contribution in [2.45, 2.75) is 33.6 Å². The molecule has 0 fully saturated rings. The van der Waals surface area contributed by atoms with Gasteiger partial charge < -0.3 is 4.57 Å². The molecule has 2 aliphatic carbocycles. The third-order valence-electron chi connectivity index (χ3n) is 11.9. The highest BCUT2D eigenvalue weighted by molar-refractivity contribution is 7.20. The fraction of sp³-hybridized carbons (Fsp3) is 0.103. The summed E-state index contributed by atoms with van der Waals surface area (Å²) in [6.45, 7) is 12.4. The Labute approximate surface area is 368 Å². The molecule has 0 saturated carbocycles. The number of allylic oxidation sites excluding steroid dienone is 13. The van der Waals surface area contributed by atoms with Gasteiger partial charge in [-0.05, 0) is 127 Å². The van der Waals surface area contributed by atoms with Crippen molar-refractivity contribution in [3.8, 4) is 22.4 Å². The molecule has 2 atom stereocenters. The number of aliphatic imine (C=N–C) groups is 1. The Bertz CT molecular complexity index is 3260. The molecule has 3 aliphatic rings. The van der Waals surface area contributed by atoms with Crippen molar-refractivity contribution in [1.29, 1.82) is 0 Å². The quantitative estimate of drug-likeness (QED) is 0.111. The first kappa shape index (κ1) is 40.1. The Hall–Kier alpha value is -7.32. The molecular formula is C58H47N3S. The summed E-state index contributed by atoms with van der Waals surface area (Å²) in [4.78, 5) is 10.8. The molecule has 0 saturated heterocycles. The minimum absolute atomic E-state index is 0.0637. The summed E-state index contributed by atoms with van der Waals surface area (Å²) in [5, 5.41) is 3.59. The van der Waals surface area contributed by atoms with Crippen LogP contribution in [0, 0.1) is 5.41 Å². The number of nitrogens with zero attached hydrogens (tertiary/aromatic N) is 3. The third-order valence-corrected chi connectivity index (χ3v) is 13.0. The van der Waals surface area contributed by atoms with Crippen molar-refractivity contribution < 1.29 is 0 Å². The highest BCUT2D eigenvalue weighted by atomic mass is 32.1. The van der Waals surface area contributed by atoms with Crippen molar-refractivity contribution in [2.75, 3.05) is 0 Å². The van der Waals surface area contributed by atoms with E-state index in [0.717, 1.165) is 55.9 Å². The van der Waals surface area contributed by atoms with E-state index in [-0.39, 0.29) is 11.3 Å². The van der Waals surface area contributed by atoms with Crippen LogP contribution in [0.5, 0.6) is 0 Å². The molecule has 3 aromatic heterocycles. The van der Waals surface area contributed by atoms with E-state index in [2.05, 4.69) is 175 Å². The predicted octanol–water partition coefficient (Wildman–Crippen LogP) is 16.0. The lowest BCUT2D eigenvalue weighted by atomic mass is 9.68. The van der Waals surface area contributed by atoms with Crippen molar-refractivity contribution >= 4 is 72.9 Å². The molecule has 2 unspecified atom stereocenters. The SMILES string of the molecule is C=C/C(=C\C=C/C)c1ccc2sc3c(c2c1)C=C=C(n1c2ccc(-c4ccccc4-c4ccccn4)cc2c2cc(C4C=CC=CC4(C)C4=CC=C=CC=N4)ccc21)C=C3.CC. The lowest BCUT2D eigenvalue weighted by molar-refractivity contribution is 0.449. The summed E-state index contributed by atoms with van der Waals surface area (Å²) in [6, 6.07) is 35.2. The first-order valence-electron chi connectivity index (χ1n) is 21.3. The molecule has 4 heterocycles. The van der Waals surface area contributed by atoms with Gasteiger partial charge in [0.1, 0.15) is 0 Å². The minimum atomic E-state index is -0.356. The van der Waals surface area contributed by atoms with Crippen molar-refractivity contribution in [3.05, 3.63) is 221 Å². The second kappa shape index (κ2) is 17.3. The predicted molar refractivity (Wildman–Crippen MR) is 269 cm³/mol. The van der Waals surface area contributed by atoms with Crippen LogP contribution in [-0.4, -0.2) is 15.8 Å². The van der Waals surface area contributed by atoms with Gasteiger partial charge in [0.05, 0.1) is 28.1 Å². The highest BCUT2D eigenvalue weighted by Crippen LogP contribution is 2.48. The molecule has 62 heavy (non-hydrogen) atoms. The molecule has 3 nitrogen and oxygen atoms in total. The summed E-state index contributed by atoms with van der Waals surface area (Å²) in [5.41, 5.74) is 19.9. The van der Waals surface area contributed by atoms with E-state index in [9.17, 15) is 0 Å². The maximum Gasteiger partial charge on any atom is 0.0891 e. The van der Waals surface area contributed by atoms with Gasteiger partial charge in [-0.3, -0.25) is 9.98 Å². The third kappa shape index (κ3) is 7.21. The molecule has 0 amide bonds.